The molecule has 4 nitrogen and oxygen atoms in total. The first-order valence-corrected chi connectivity index (χ1v) is 8.49. The van der Waals surface area contributed by atoms with E-state index in [0.29, 0.717) is 34.6 Å². The minimum Gasteiger partial charge on any atom is -0.493 e. The fourth-order valence-corrected chi connectivity index (χ4v) is 2.79. The minimum absolute atomic E-state index is 0.141. The van der Waals surface area contributed by atoms with Crippen LogP contribution >= 0.6 is 11.6 Å². The van der Waals surface area contributed by atoms with E-state index >= 15 is 0 Å². The van der Waals surface area contributed by atoms with Crippen molar-refractivity contribution in [2.45, 2.75) is 13.8 Å². The van der Waals surface area contributed by atoms with E-state index in [1.54, 1.807) is 19.2 Å². The zero-order chi connectivity index (χ0) is 18.0. The summed E-state index contributed by atoms with van der Waals surface area (Å²) in [6, 6.07) is 11.0. The summed E-state index contributed by atoms with van der Waals surface area (Å²) in [5.41, 5.74) is 3.01. The normalized spacial score (nSPS) is 14.6. The molecule has 2 aromatic rings. The van der Waals surface area contributed by atoms with Gasteiger partial charge in [0.25, 0.3) is 5.91 Å². The summed E-state index contributed by atoms with van der Waals surface area (Å²) in [7, 11) is 1.61. The van der Waals surface area contributed by atoms with Crippen molar-refractivity contribution in [3.63, 3.8) is 0 Å². The summed E-state index contributed by atoms with van der Waals surface area (Å²) in [6.45, 7) is 4.76. The molecule has 1 aliphatic rings. The first-order chi connectivity index (χ1) is 12.0. The van der Waals surface area contributed by atoms with Gasteiger partial charge in [0.2, 0.25) is 0 Å². The van der Waals surface area contributed by atoms with E-state index in [1.165, 1.54) is 0 Å². The van der Waals surface area contributed by atoms with Crippen LogP contribution in [0.25, 0.3) is 11.6 Å². The minimum atomic E-state index is -0.141. The molecule has 0 aliphatic carbocycles. The van der Waals surface area contributed by atoms with E-state index < -0.39 is 0 Å². The van der Waals surface area contributed by atoms with E-state index in [2.05, 4.69) is 19.2 Å². The van der Waals surface area contributed by atoms with Crippen LogP contribution in [0.4, 0.5) is 5.69 Å². The van der Waals surface area contributed by atoms with Crippen molar-refractivity contribution in [1.29, 1.82) is 0 Å². The number of methoxy groups -OCH3 is 1. The summed E-state index contributed by atoms with van der Waals surface area (Å²) in [5, 5.41) is 3.44. The van der Waals surface area contributed by atoms with Crippen LogP contribution in [-0.4, -0.2) is 19.6 Å². The first kappa shape index (κ1) is 17.4. The molecule has 1 N–H and O–H groups in total. The van der Waals surface area contributed by atoms with Crippen LogP contribution < -0.4 is 14.8 Å². The molecule has 0 atom stereocenters. The Bertz CT molecular complexity index is 843. The second-order valence-corrected chi connectivity index (χ2v) is 6.75. The monoisotopic (exact) mass is 357 g/mol. The van der Waals surface area contributed by atoms with E-state index in [-0.39, 0.29) is 5.91 Å². The average Bonchev–Trinajstić information content (AvgIpc) is 2.88. The Morgan fingerprint density at radius 3 is 2.68 bits per heavy atom. The van der Waals surface area contributed by atoms with Gasteiger partial charge in [-0.2, -0.15) is 0 Å². The van der Waals surface area contributed by atoms with Crippen LogP contribution in [0.2, 0.25) is 5.02 Å². The zero-order valence-electron chi connectivity index (χ0n) is 14.4. The molecule has 0 fully saturated rings. The predicted molar refractivity (Wildman–Crippen MR) is 101 cm³/mol. The summed E-state index contributed by atoms with van der Waals surface area (Å²) in [5.74, 6) is 1.59. The van der Waals surface area contributed by atoms with Gasteiger partial charge in [0, 0.05) is 21.8 Å². The Kier molecular flexibility index (Phi) is 5.00. The lowest BCUT2D eigenvalue weighted by Gasteiger charge is -2.13. The fraction of sp³-hybridized carbons (Fsp3) is 0.250. The van der Waals surface area contributed by atoms with Crippen LogP contribution in [0.1, 0.15) is 25.0 Å². The number of amides is 1. The average molecular weight is 358 g/mol. The summed E-state index contributed by atoms with van der Waals surface area (Å²) >= 11 is 6.07. The van der Waals surface area contributed by atoms with E-state index in [9.17, 15) is 4.79 Å². The van der Waals surface area contributed by atoms with Crippen molar-refractivity contribution in [1.82, 2.24) is 0 Å². The third kappa shape index (κ3) is 3.80. The second-order valence-electron chi connectivity index (χ2n) is 6.32. The molecule has 25 heavy (non-hydrogen) atoms. The van der Waals surface area contributed by atoms with Gasteiger partial charge in [-0.05, 0) is 47.9 Å². The van der Waals surface area contributed by atoms with Crippen LogP contribution in [0.15, 0.2) is 36.4 Å². The number of fused-ring (bicyclic) bond motifs is 1. The Hall–Kier alpha value is -2.46. The highest BCUT2D eigenvalue weighted by Crippen LogP contribution is 2.36. The smallest absolute Gasteiger partial charge is 0.256 e. The molecule has 0 unspecified atom stereocenters. The lowest BCUT2D eigenvalue weighted by molar-refractivity contribution is -0.110. The van der Waals surface area contributed by atoms with Crippen LogP contribution in [0, 0.1) is 5.92 Å². The van der Waals surface area contributed by atoms with Gasteiger partial charge in [0.05, 0.1) is 13.7 Å². The molecule has 1 heterocycles. The third-order valence-corrected chi connectivity index (χ3v) is 4.07. The molecule has 0 aromatic heterocycles. The topological polar surface area (TPSA) is 47.6 Å². The molecular weight excluding hydrogens is 338 g/mol. The maximum atomic E-state index is 12.3. The number of halogens is 1. The van der Waals surface area contributed by atoms with E-state index in [4.69, 9.17) is 21.1 Å². The molecule has 0 saturated carbocycles. The van der Waals surface area contributed by atoms with E-state index in [1.807, 2.05) is 30.3 Å². The highest BCUT2D eigenvalue weighted by Gasteiger charge is 2.24. The summed E-state index contributed by atoms with van der Waals surface area (Å²) in [6.07, 6.45) is 1.83. The summed E-state index contributed by atoms with van der Waals surface area (Å²) < 4.78 is 11.2. The molecule has 1 amide bonds. The van der Waals surface area contributed by atoms with Crippen molar-refractivity contribution < 1.29 is 14.3 Å². The van der Waals surface area contributed by atoms with Gasteiger partial charge < -0.3 is 14.8 Å². The highest BCUT2D eigenvalue weighted by molar-refractivity contribution is 6.36. The number of carbonyl (C=O) groups excluding carboxylic acids is 1. The molecular formula is C20H20ClNO3. The Morgan fingerprint density at radius 2 is 1.96 bits per heavy atom. The molecule has 0 saturated heterocycles. The molecule has 5 heteroatoms. The lowest BCUT2D eigenvalue weighted by Crippen LogP contribution is -2.06. The van der Waals surface area contributed by atoms with Crippen molar-refractivity contribution in [3.05, 3.63) is 52.5 Å². The van der Waals surface area contributed by atoms with Gasteiger partial charge in [0.1, 0.15) is 0 Å². The molecule has 0 spiro atoms. The lowest BCUT2D eigenvalue weighted by atomic mass is 10.0. The van der Waals surface area contributed by atoms with Gasteiger partial charge in [-0.1, -0.05) is 31.5 Å². The maximum Gasteiger partial charge on any atom is 0.256 e. The van der Waals surface area contributed by atoms with Crippen molar-refractivity contribution in [2.75, 3.05) is 19.0 Å². The van der Waals surface area contributed by atoms with E-state index in [0.717, 1.165) is 16.8 Å². The molecule has 2 aromatic carbocycles. The summed E-state index contributed by atoms with van der Waals surface area (Å²) in [4.78, 5) is 12.3. The molecule has 0 bridgehead atoms. The van der Waals surface area contributed by atoms with Crippen molar-refractivity contribution >= 4 is 34.8 Å². The van der Waals surface area contributed by atoms with Gasteiger partial charge in [-0.3, -0.25) is 4.79 Å². The third-order valence-electron chi connectivity index (χ3n) is 3.84. The number of benzene rings is 2. The Labute approximate surface area is 152 Å². The van der Waals surface area contributed by atoms with Crippen LogP contribution in [0.5, 0.6) is 11.5 Å². The first-order valence-electron chi connectivity index (χ1n) is 8.11. The maximum absolute atomic E-state index is 12.3. The SMILES string of the molecule is COc1ccc(C=C2C(=O)Nc3ccc(Cl)cc32)cc1OCC(C)C. The second kappa shape index (κ2) is 7.19. The standard InChI is InChI=1S/C20H20ClNO3/c1-12(2)11-25-19-9-13(4-7-18(19)24-3)8-16-15-10-14(21)5-6-17(15)22-20(16)23/h4-10,12H,11H2,1-3H3,(H,22,23). The number of nitrogens with one attached hydrogen (secondary N) is 1. The number of rotatable bonds is 5. The zero-order valence-corrected chi connectivity index (χ0v) is 15.2. The number of ether oxygens (including phenoxy) is 2. The number of hydrogen-bond donors (Lipinski definition) is 1. The molecule has 1 aliphatic heterocycles. The van der Waals surface area contributed by atoms with Crippen LogP contribution in [0.3, 0.4) is 0 Å². The largest absolute Gasteiger partial charge is 0.493 e. The number of carbonyl (C=O) groups is 1. The Morgan fingerprint density at radius 1 is 1.16 bits per heavy atom. The molecule has 130 valence electrons. The van der Waals surface area contributed by atoms with Crippen LogP contribution in [-0.2, 0) is 4.79 Å². The van der Waals surface area contributed by atoms with Gasteiger partial charge in [-0.15, -0.1) is 0 Å². The Balaban J connectivity index is 1.97. The fourth-order valence-electron chi connectivity index (χ4n) is 2.62. The van der Waals surface area contributed by atoms with Gasteiger partial charge in [-0.25, -0.2) is 0 Å². The van der Waals surface area contributed by atoms with Gasteiger partial charge in [0.15, 0.2) is 11.5 Å². The van der Waals surface area contributed by atoms with Crippen molar-refractivity contribution in [3.8, 4) is 11.5 Å². The van der Waals surface area contributed by atoms with Crippen molar-refractivity contribution in [2.24, 2.45) is 5.92 Å². The highest BCUT2D eigenvalue weighted by atomic mass is 35.5. The molecule has 0 radical (unpaired) electrons. The predicted octanol–water partition coefficient (Wildman–Crippen LogP) is 4.88. The number of anilines is 1. The number of hydrogen-bond acceptors (Lipinski definition) is 3. The quantitative estimate of drug-likeness (QED) is 0.776. The van der Waals surface area contributed by atoms with Gasteiger partial charge >= 0.3 is 0 Å². The molecule has 3 rings (SSSR count).